The van der Waals surface area contributed by atoms with Gasteiger partial charge in [0, 0.05) is 9.35 Å². The van der Waals surface area contributed by atoms with Gasteiger partial charge in [-0.1, -0.05) is 0 Å². The highest BCUT2D eigenvalue weighted by Crippen LogP contribution is 2.38. The van der Waals surface area contributed by atoms with E-state index in [-0.39, 0.29) is 5.88 Å². The van der Waals surface area contributed by atoms with Crippen LogP contribution in [0, 0.1) is 0 Å². The second-order valence-electron chi connectivity index (χ2n) is 3.48. The lowest BCUT2D eigenvalue weighted by atomic mass is 10.2. The summed E-state index contributed by atoms with van der Waals surface area (Å²) in [6, 6.07) is 1.82. The normalized spacial score (nSPS) is 12.3. The summed E-state index contributed by atoms with van der Waals surface area (Å²) in [4.78, 5) is 8.98. The van der Waals surface area contributed by atoms with Gasteiger partial charge in [0.25, 0.3) is 0 Å². The first kappa shape index (κ1) is 14.7. The van der Waals surface area contributed by atoms with Gasteiger partial charge in [-0.15, -0.1) is 11.3 Å². The van der Waals surface area contributed by atoms with E-state index in [1.807, 2.05) is 6.07 Å². The van der Waals surface area contributed by atoms with Gasteiger partial charge in [0.2, 0.25) is 11.8 Å². The third-order valence-corrected chi connectivity index (χ3v) is 5.65. The van der Waals surface area contributed by atoms with Crippen molar-refractivity contribution >= 4 is 43.2 Å². The molecule has 5 nitrogen and oxygen atoms in total. The van der Waals surface area contributed by atoms with Crippen LogP contribution in [0.5, 0.6) is 11.8 Å². The summed E-state index contributed by atoms with van der Waals surface area (Å²) in [6.45, 7) is 0. The van der Waals surface area contributed by atoms with Gasteiger partial charge in [-0.25, -0.2) is 4.98 Å². The maximum atomic E-state index is 10.4. The Labute approximate surface area is 130 Å². The SMILES string of the molecule is COc1cnc(C(O)c2cc(Br)c(Br)s2)c(OC)n1. The van der Waals surface area contributed by atoms with Gasteiger partial charge in [0.1, 0.15) is 11.8 Å². The first-order valence-electron chi connectivity index (χ1n) is 5.14. The molecule has 0 bridgehead atoms. The number of methoxy groups -OCH3 is 2. The van der Waals surface area contributed by atoms with E-state index in [1.165, 1.54) is 31.8 Å². The zero-order valence-electron chi connectivity index (χ0n) is 10.1. The molecule has 1 N–H and O–H groups in total. The fraction of sp³-hybridized carbons (Fsp3) is 0.273. The molecule has 1 atom stereocenters. The minimum absolute atomic E-state index is 0.243. The Balaban J connectivity index is 2.40. The van der Waals surface area contributed by atoms with Crippen molar-refractivity contribution in [1.82, 2.24) is 9.97 Å². The molecule has 0 saturated heterocycles. The molecule has 0 radical (unpaired) electrons. The van der Waals surface area contributed by atoms with Crippen LogP contribution in [0.15, 0.2) is 20.5 Å². The molecule has 2 aromatic rings. The first-order valence-corrected chi connectivity index (χ1v) is 7.54. The standard InChI is InChI=1S/C11H10Br2N2O3S/c1-17-7-4-14-8(11(15-7)18-2)9(16)6-3-5(12)10(13)19-6/h3-4,9,16H,1-2H3. The molecule has 2 aromatic heterocycles. The Morgan fingerprint density at radius 1 is 1.32 bits per heavy atom. The van der Waals surface area contributed by atoms with Gasteiger partial charge in [0.15, 0.2) is 0 Å². The molecule has 102 valence electrons. The molecule has 0 aliphatic rings. The van der Waals surface area contributed by atoms with Crippen molar-refractivity contribution < 1.29 is 14.6 Å². The monoisotopic (exact) mass is 408 g/mol. The lowest BCUT2D eigenvalue weighted by Crippen LogP contribution is -2.06. The summed E-state index contributed by atoms with van der Waals surface area (Å²) in [7, 11) is 2.97. The van der Waals surface area contributed by atoms with Crippen molar-refractivity contribution in [2.24, 2.45) is 0 Å². The first-order chi connectivity index (χ1) is 9.06. The van der Waals surface area contributed by atoms with Crippen LogP contribution in [0.25, 0.3) is 0 Å². The van der Waals surface area contributed by atoms with E-state index in [1.54, 1.807) is 0 Å². The smallest absolute Gasteiger partial charge is 0.241 e. The Kier molecular flexibility index (Phi) is 4.77. The van der Waals surface area contributed by atoms with E-state index in [0.29, 0.717) is 11.6 Å². The van der Waals surface area contributed by atoms with E-state index in [0.717, 1.165) is 13.1 Å². The van der Waals surface area contributed by atoms with Crippen LogP contribution in [0.3, 0.4) is 0 Å². The summed E-state index contributed by atoms with van der Waals surface area (Å²) < 4.78 is 11.9. The molecule has 2 heterocycles. The van der Waals surface area contributed by atoms with Crippen LogP contribution < -0.4 is 9.47 Å². The number of rotatable bonds is 4. The van der Waals surface area contributed by atoms with Crippen LogP contribution in [-0.4, -0.2) is 29.3 Å². The van der Waals surface area contributed by atoms with Crippen molar-refractivity contribution in [3.63, 3.8) is 0 Å². The van der Waals surface area contributed by atoms with Gasteiger partial charge in [-0.05, 0) is 37.9 Å². The van der Waals surface area contributed by atoms with E-state index >= 15 is 0 Å². The Morgan fingerprint density at radius 2 is 2.05 bits per heavy atom. The summed E-state index contributed by atoms with van der Waals surface area (Å²) in [5.74, 6) is 0.578. The van der Waals surface area contributed by atoms with E-state index in [4.69, 9.17) is 9.47 Å². The molecule has 8 heteroatoms. The quantitative estimate of drug-likeness (QED) is 0.840. The molecular weight excluding hydrogens is 400 g/mol. The molecule has 2 rings (SSSR count). The Hall–Kier alpha value is -0.700. The number of nitrogens with zero attached hydrogens (tertiary/aromatic N) is 2. The van der Waals surface area contributed by atoms with Crippen molar-refractivity contribution in [1.29, 1.82) is 0 Å². The fourth-order valence-corrected chi connectivity index (χ4v) is 3.51. The number of thiophene rings is 1. The van der Waals surface area contributed by atoms with Gasteiger partial charge in [-0.3, -0.25) is 0 Å². The zero-order valence-corrected chi connectivity index (χ0v) is 14.0. The molecule has 19 heavy (non-hydrogen) atoms. The topological polar surface area (TPSA) is 64.5 Å². The summed E-state index contributed by atoms with van der Waals surface area (Å²) in [5, 5.41) is 10.4. The molecule has 1 unspecified atom stereocenters. The second kappa shape index (κ2) is 6.17. The van der Waals surface area contributed by atoms with Crippen molar-refractivity contribution in [3.05, 3.63) is 31.1 Å². The molecule has 0 spiro atoms. The number of aliphatic hydroxyl groups excluding tert-OH is 1. The maximum Gasteiger partial charge on any atom is 0.241 e. The van der Waals surface area contributed by atoms with E-state index in [9.17, 15) is 5.11 Å². The highest BCUT2D eigenvalue weighted by Gasteiger charge is 2.22. The van der Waals surface area contributed by atoms with Crippen LogP contribution in [0.4, 0.5) is 0 Å². The largest absolute Gasteiger partial charge is 0.480 e. The number of aromatic nitrogens is 2. The van der Waals surface area contributed by atoms with Gasteiger partial charge < -0.3 is 14.6 Å². The van der Waals surface area contributed by atoms with Crippen molar-refractivity contribution in [3.8, 4) is 11.8 Å². The third-order valence-electron chi connectivity index (χ3n) is 2.34. The molecule has 0 amide bonds. The number of ether oxygens (including phenoxy) is 2. The molecule has 0 saturated carbocycles. The van der Waals surface area contributed by atoms with Crippen LogP contribution in [-0.2, 0) is 0 Å². The lowest BCUT2D eigenvalue weighted by Gasteiger charge is -2.12. The summed E-state index contributed by atoms with van der Waals surface area (Å²) >= 11 is 8.18. The number of hydrogen-bond acceptors (Lipinski definition) is 6. The van der Waals surface area contributed by atoms with E-state index in [2.05, 4.69) is 41.8 Å². The number of hydrogen-bond donors (Lipinski definition) is 1. The lowest BCUT2D eigenvalue weighted by molar-refractivity contribution is 0.210. The van der Waals surface area contributed by atoms with E-state index < -0.39 is 6.10 Å². The highest BCUT2D eigenvalue weighted by atomic mass is 79.9. The van der Waals surface area contributed by atoms with Crippen LogP contribution in [0.2, 0.25) is 0 Å². The number of halogens is 2. The van der Waals surface area contributed by atoms with Gasteiger partial charge >= 0.3 is 0 Å². The van der Waals surface area contributed by atoms with Gasteiger partial charge in [-0.2, -0.15) is 4.98 Å². The Morgan fingerprint density at radius 3 is 2.58 bits per heavy atom. The molecule has 0 fully saturated rings. The predicted octanol–water partition coefficient (Wildman–Crippen LogP) is 3.16. The predicted molar refractivity (Wildman–Crippen MR) is 78.9 cm³/mol. The van der Waals surface area contributed by atoms with Crippen LogP contribution in [0.1, 0.15) is 16.7 Å². The second-order valence-corrected chi connectivity index (χ2v) is 6.74. The average molecular weight is 410 g/mol. The molecule has 0 aliphatic carbocycles. The van der Waals surface area contributed by atoms with Gasteiger partial charge in [0.05, 0.1) is 24.2 Å². The fourth-order valence-electron chi connectivity index (χ4n) is 1.44. The Bertz CT molecular complexity index is 572. The third kappa shape index (κ3) is 3.07. The average Bonchev–Trinajstić information content (AvgIpc) is 2.77. The maximum absolute atomic E-state index is 10.4. The number of aliphatic hydroxyl groups is 1. The molecular formula is C11H10Br2N2O3S. The molecule has 0 aliphatic heterocycles. The van der Waals surface area contributed by atoms with Crippen molar-refractivity contribution in [2.75, 3.05) is 14.2 Å². The minimum atomic E-state index is -0.902. The summed E-state index contributed by atoms with van der Waals surface area (Å²) in [6.07, 6.45) is 0.541. The summed E-state index contributed by atoms with van der Waals surface area (Å²) in [5.41, 5.74) is 0.351. The van der Waals surface area contributed by atoms with Crippen molar-refractivity contribution in [2.45, 2.75) is 6.10 Å². The minimum Gasteiger partial charge on any atom is -0.480 e. The zero-order chi connectivity index (χ0) is 14.0. The van der Waals surface area contributed by atoms with Crippen LogP contribution >= 0.6 is 43.2 Å². The molecule has 0 aromatic carbocycles. The highest BCUT2D eigenvalue weighted by molar-refractivity contribution is 9.13.